The van der Waals surface area contributed by atoms with Crippen LogP contribution in [0, 0.1) is 0 Å². The van der Waals surface area contributed by atoms with Crippen molar-refractivity contribution in [2.24, 2.45) is 0 Å². The van der Waals surface area contributed by atoms with Gasteiger partial charge in [-0.05, 0) is 43.3 Å². The molecule has 0 unspecified atom stereocenters. The number of thiazole rings is 1. The number of hydrogen-bond acceptors (Lipinski definition) is 7. The molecule has 0 radical (unpaired) electrons. The Balaban J connectivity index is 1.59. The maximum atomic E-state index is 12.3. The lowest BCUT2D eigenvalue weighted by atomic mass is 10.1. The first-order chi connectivity index (χ1) is 14.1. The van der Waals surface area contributed by atoms with Crippen LogP contribution in [0.25, 0.3) is 11.3 Å². The van der Waals surface area contributed by atoms with E-state index in [-0.39, 0.29) is 5.91 Å². The number of hydrogen-bond donors (Lipinski definition) is 1. The zero-order chi connectivity index (χ0) is 20.6. The van der Waals surface area contributed by atoms with Crippen molar-refractivity contribution in [3.8, 4) is 28.5 Å². The molecular formula is C21H22N2O4S2. The highest BCUT2D eigenvalue weighted by Crippen LogP contribution is 2.35. The molecular weight excluding hydrogens is 408 g/mol. The molecule has 1 heterocycles. The average molecular weight is 431 g/mol. The van der Waals surface area contributed by atoms with Gasteiger partial charge in [-0.3, -0.25) is 4.79 Å². The summed E-state index contributed by atoms with van der Waals surface area (Å²) in [5.41, 5.74) is 1.58. The van der Waals surface area contributed by atoms with Crippen molar-refractivity contribution < 1.29 is 19.0 Å². The number of rotatable bonds is 9. The standard InChI is InChI=1S/C21H22N2O4S2/c1-4-27-14-5-8-16(9-6-14)28-13-20(24)23-21-22-18(12-29-21)17-10-7-15(25-2)11-19(17)26-3/h5-12H,4,13H2,1-3H3,(H,22,23,24). The minimum absolute atomic E-state index is 0.105. The molecule has 0 atom stereocenters. The quantitative estimate of drug-likeness (QED) is 0.484. The zero-order valence-corrected chi connectivity index (χ0v) is 18.1. The number of benzene rings is 2. The van der Waals surface area contributed by atoms with E-state index in [2.05, 4.69) is 10.3 Å². The smallest absolute Gasteiger partial charge is 0.236 e. The van der Waals surface area contributed by atoms with Crippen LogP contribution in [0.1, 0.15) is 6.92 Å². The molecule has 0 fully saturated rings. The number of ether oxygens (including phenoxy) is 3. The summed E-state index contributed by atoms with van der Waals surface area (Å²) in [6, 6.07) is 13.2. The van der Waals surface area contributed by atoms with Crippen molar-refractivity contribution in [1.29, 1.82) is 0 Å². The third-order valence-corrected chi connectivity index (χ3v) is 5.71. The summed E-state index contributed by atoms with van der Waals surface area (Å²) in [7, 11) is 3.21. The number of carbonyl (C=O) groups excluding carboxylic acids is 1. The Morgan fingerprint density at radius 2 is 1.86 bits per heavy atom. The molecule has 2 aromatic carbocycles. The van der Waals surface area contributed by atoms with Crippen LogP contribution in [0.5, 0.6) is 17.2 Å². The van der Waals surface area contributed by atoms with Gasteiger partial charge in [0.1, 0.15) is 17.2 Å². The van der Waals surface area contributed by atoms with Crippen LogP contribution in [-0.2, 0) is 4.79 Å². The Labute approximate surface area is 178 Å². The molecule has 0 aliphatic heterocycles. The lowest BCUT2D eigenvalue weighted by Crippen LogP contribution is -2.13. The fourth-order valence-electron chi connectivity index (χ4n) is 2.57. The van der Waals surface area contributed by atoms with Crippen molar-refractivity contribution >= 4 is 34.1 Å². The van der Waals surface area contributed by atoms with Crippen LogP contribution in [0.15, 0.2) is 52.7 Å². The molecule has 6 nitrogen and oxygen atoms in total. The molecule has 0 bridgehead atoms. The molecule has 0 spiro atoms. The molecule has 1 aromatic heterocycles. The highest BCUT2D eigenvalue weighted by atomic mass is 32.2. The van der Waals surface area contributed by atoms with E-state index in [0.717, 1.165) is 21.9 Å². The summed E-state index contributed by atoms with van der Waals surface area (Å²) < 4.78 is 16.1. The van der Waals surface area contributed by atoms with Gasteiger partial charge in [-0.15, -0.1) is 23.1 Å². The molecule has 29 heavy (non-hydrogen) atoms. The van der Waals surface area contributed by atoms with Gasteiger partial charge in [-0.1, -0.05) is 0 Å². The number of anilines is 1. The molecule has 152 valence electrons. The van der Waals surface area contributed by atoms with Gasteiger partial charge in [-0.25, -0.2) is 4.98 Å². The number of nitrogens with zero attached hydrogens (tertiary/aromatic N) is 1. The van der Waals surface area contributed by atoms with Crippen LogP contribution in [0.2, 0.25) is 0 Å². The molecule has 8 heteroatoms. The maximum Gasteiger partial charge on any atom is 0.236 e. The fraction of sp³-hybridized carbons (Fsp3) is 0.238. The molecule has 3 aromatic rings. The second-order valence-corrected chi connectivity index (χ2v) is 7.75. The number of amides is 1. The molecule has 0 saturated carbocycles. The Kier molecular flexibility index (Phi) is 7.37. The van der Waals surface area contributed by atoms with Gasteiger partial charge in [0.15, 0.2) is 5.13 Å². The predicted molar refractivity (Wildman–Crippen MR) is 118 cm³/mol. The van der Waals surface area contributed by atoms with E-state index in [1.54, 1.807) is 20.3 Å². The third kappa shape index (κ3) is 5.65. The number of methoxy groups -OCH3 is 2. The van der Waals surface area contributed by atoms with Crippen molar-refractivity contribution in [3.05, 3.63) is 47.8 Å². The van der Waals surface area contributed by atoms with E-state index in [4.69, 9.17) is 14.2 Å². The Bertz CT molecular complexity index is 958. The van der Waals surface area contributed by atoms with Crippen LogP contribution >= 0.6 is 23.1 Å². The topological polar surface area (TPSA) is 69.7 Å². The molecule has 1 N–H and O–H groups in total. The Morgan fingerprint density at radius 3 is 2.55 bits per heavy atom. The van der Waals surface area contributed by atoms with E-state index in [9.17, 15) is 4.79 Å². The van der Waals surface area contributed by atoms with Crippen molar-refractivity contribution in [1.82, 2.24) is 4.98 Å². The molecule has 0 aliphatic carbocycles. The summed E-state index contributed by atoms with van der Waals surface area (Å²) >= 11 is 2.84. The average Bonchev–Trinajstić information content (AvgIpc) is 3.21. The largest absolute Gasteiger partial charge is 0.497 e. The summed E-state index contributed by atoms with van der Waals surface area (Å²) in [4.78, 5) is 17.8. The number of aromatic nitrogens is 1. The third-order valence-electron chi connectivity index (χ3n) is 3.94. The van der Waals surface area contributed by atoms with Crippen LogP contribution in [-0.4, -0.2) is 37.5 Å². The van der Waals surface area contributed by atoms with Gasteiger partial charge < -0.3 is 19.5 Å². The first-order valence-corrected chi connectivity index (χ1v) is 10.8. The fourth-order valence-corrected chi connectivity index (χ4v) is 3.99. The highest BCUT2D eigenvalue weighted by molar-refractivity contribution is 8.00. The summed E-state index contributed by atoms with van der Waals surface area (Å²) in [6.07, 6.45) is 0. The summed E-state index contributed by atoms with van der Waals surface area (Å²) in [5.74, 6) is 2.39. The van der Waals surface area contributed by atoms with E-state index in [1.165, 1.54) is 23.1 Å². The van der Waals surface area contributed by atoms with Gasteiger partial charge in [0.2, 0.25) is 5.91 Å². The SMILES string of the molecule is CCOc1ccc(SCC(=O)Nc2nc(-c3ccc(OC)cc3OC)cs2)cc1. The van der Waals surface area contributed by atoms with E-state index >= 15 is 0 Å². The van der Waals surface area contributed by atoms with Gasteiger partial charge in [-0.2, -0.15) is 0 Å². The van der Waals surface area contributed by atoms with Crippen LogP contribution in [0.3, 0.4) is 0 Å². The molecule has 3 rings (SSSR count). The van der Waals surface area contributed by atoms with Gasteiger partial charge in [0, 0.05) is 21.9 Å². The monoisotopic (exact) mass is 430 g/mol. The lowest BCUT2D eigenvalue weighted by molar-refractivity contribution is -0.113. The predicted octanol–water partition coefficient (Wildman–Crippen LogP) is 4.96. The summed E-state index contributed by atoms with van der Waals surface area (Å²) in [5, 5.41) is 5.29. The second-order valence-electron chi connectivity index (χ2n) is 5.85. The van der Waals surface area contributed by atoms with Crippen LogP contribution < -0.4 is 19.5 Å². The number of carbonyl (C=O) groups is 1. The highest BCUT2D eigenvalue weighted by Gasteiger charge is 2.13. The maximum absolute atomic E-state index is 12.3. The van der Waals surface area contributed by atoms with Gasteiger partial charge >= 0.3 is 0 Å². The van der Waals surface area contributed by atoms with Crippen molar-refractivity contribution in [3.63, 3.8) is 0 Å². The minimum Gasteiger partial charge on any atom is -0.497 e. The van der Waals surface area contributed by atoms with Gasteiger partial charge in [0.05, 0.1) is 32.3 Å². The van der Waals surface area contributed by atoms with Gasteiger partial charge in [0.25, 0.3) is 0 Å². The number of thioether (sulfide) groups is 1. The Morgan fingerprint density at radius 1 is 1.10 bits per heavy atom. The van der Waals surface area contributed by atoms with E-state index in [1.807, 2.05) is 48.7 Å². The van der Waals surface area contributed by atoms with Crippen molar-refractivity contribution in [2.75, 3.05) is 31.9 Å². The molecule has 1 amide bonds. The number of nitrogens with one attached hydrogen (secondary N) is 1. The first-order valence-electron chi connectivity index (χ1n) is 8.96. The normalized spacial score (nSPS) is 10.4. The Hall–Kier alpha value is -2.71. The summed E-state index contributed by atoms with van der Waals surface area (Å²) in [6.45, 7) is 2.58. The first kappa shape index (κ1) is 21.0. The molecule has 0 saturated heterocycles. The van der Waals surface area contributed by atoms with E-state index in [0.29, 0.717) is 29.0 Å². The minimum atomic E-state index is -0.105. The zero-order valence-electron chi connectivity index (χ0n) is 16.4. The van der Waals surface area contributed by atoms with Crippen LogP contribution in [0.4, 0.5) is 5.13 Å². The van der Waals surface area contributed by atoms with Crippen molar-refractivity contribution in [2.45, 2.75) is 11.8 Å². The lowest BCUT2D eigenvalue weighted by Gasteiger charge is -2.08. The second kappa shape index (κ2) is 10.2. The molecule has 0 aliphatic rings. The van der Waals surface area contributed by atoms with E-state index < -0.39 is 0 Å².